The van der Waals surface area contributed by atoms with Crippen LogP contribution in [0.25, 0.3) is 10.8 Å². The second kappa shape index (κ2) is 6.49. The van der Waals surface area contributed by atoms with Crippen molar-refractivity contribution in [2.75, 3.05) is 0 Å². The number of hydrogen-bond acceptors (Lipinski definition) is 3. The van der Waals surface area contributed by atoms with Gasteiger partial charge < -0.3 is 4.74 Å². The molecule has 0 saturated heterocycles. The van der Waals surface area contributed by atoms with E-state index in [-0.39, 0.29) is 12.3 Å². The van der Waals surface area contributed by atoms with Crippen LogP contribution in [0.4, 0.5) is 0 Å². The maximum atomic E-state index is 6.41. The zero-order valence-corrected chi connectivity index (χ0v) is 15.9. The van der Waals surface area contributed by atoms with Gasteiger partial charge in [-0.2, -0.15) is 5.10 Å². The Hall–Kier alpha value is -3.59. The van der Waals surface area contributed by atoms with Crippen molar-refractivity contribution in [1.82, 2.24) is 5.01 Å². The Morgan fingerprint density at radius 2 is 1.52 bits per heavy atom. The van der Waals surface area contributed by atoms with Crippen LogP contribution in [0.5, 0.6) is 5.75 Å². The normalized spacial score (nSPS) is 20.0. The summed E-state index contributed by atoms with van der Waals surface area (Å²) in [6, 6.07) is 34.0. The topological polar surface area (TPSA) is 24.8 Å². The summed E-state index contributed by atoms with van der Waals surface area (Å²) < 4.78 is 6.41. The zero-order chi connectivity index (χ0) is 19.2. The van der Waals surface area contributed by atoms with E-state index in [0.717, 1.165) is 23.4 Å². The first kappa shape index (κ1) is 16.4. The van der Waals surface area contributed by atoms with E-state index in [1.54, 1.807) is 0 Å². The molecule has 0 saturated carbocycles. The van der Waals surface area contributed by atoms with Gasteiger partial charge >= 0.3 is 0 Å². The summed E-state index contributed by atoms with van der Waals surface area (Å²) in [7, 11) is 0. The van der Waals surface area contributed by atoms with Gasteiger partial charge in [0, 0.05) is 17.5 Å². The van der Waals surface area contributed by atoms with Gasteiger partial charge in [0.05, 0.1) is 11.8 Å². The monoisotopic (exact) mass is 376 g/mol. The highest BCUT2D eigenvalue weighted by atomic mass is 16.5. The second-order valence-electron chi connectivity index (χ2n) is 7.63. The van der Waals surface area contributed by atoms with E-state index >= 15 is 0 Å². The van der Waals surface area contributed by atoms with Crippen LogP contribution in [0, 0.1) is 0 Å². The molecule has 3 nitrogen and oxygen atoms in total. The first-order valence-electron chi connectivity index (χ1n) is 10.0. The van der Waals surface area contributed by atoms with Crippen LogP contribution < -0.4 is 4.74 Å². The highest BCUT2D eigenvalue weighted by molar-refractivity contribution is 6.04. The number of hydrogen-bond donors (Lipinski definition) is 0. The molecule has 2 heterocycles. The van der Waals surface area contributed by atoms with Gasteiger partial charge in [-0.15, -0.1) is 0 Å². The molecule has 6 rings (SSSR count). The minimum atomic E-state index is -0.214. The Bertz CT molecular complexity index is 1230. The van der Waals surface area contributed by atoms with E-state index in [9.17, 15) is 0 Å². The first-order chi connectivity index (χ1) is 14.4. The third-order valence-electron chi connectivity index (χ3n) is 5.87. The van der Waals surface area contributed by atoms with Crippen molar-refractivity contribution in [3.8, 4) is 5.75 Å². The molecule has 0 spiro atoms. The number of ether oxygens (including phenoxy) is 1. The molecule has 140 valence electrons. The minimum absolute atomic E-state index is 0.187. The highest BCUT2D eigenvalue weighted by Crippen LogP contribution is 2.47. The Labute approximate surface area is 169 Å². The molecular formula is C26H20N2O. The van der Waals surface area contributed by atoms with Crippen LogP contribution in [0.3, 0.4) is 0 Å². The standard InChI is InChI=1S/C26H20N2O/c1-2-9-19(10-3-1)26-28-24(22-12-6-7-13-25(22)29-26)17-23(27-28)21-15-14-18-8-4-5-11-20(18)16-21/h1-16,24,26H,17H2/t24-,26+/m0/s1. The number of fused-ring (bicyclic) bond motifs is 4. The molecule has 2 aliphatic heterocycles. The summed E-state index contributed by atoms with van der Waals surface area (Å²) in [5.74, 6) is 0.956. The molecule has 29 heavy (non-hydrogen) atoms. The van der Waals surface area contributed by atoms with Crippen LogP contribution in [-0.4, -0.2) is 10.7 Å². The van der Waals surface area contributed by atoms with Crippen LogP contribution >= 0.6 is 0 Å². The van der Waals surface area contributed by atoms with E-state index in [0.29, 0.717) is 0 Å². The van der Waals surface area contributed by atoms with Gasteiger partial charge in [0.1, 0.15) is 5.75 Å². The third kappa shape index (κ3) is 2.70. The summed E-state index contributed by atoms with van der Waals surface area (Å²) in [6.45, 7) is 0. The quantitative estimate of drug-likeness (QED) is 0.423. The number of para-hydroxylation sites is 1. The van der Waals surface area contributed by atoms with E-state index < -0.39 is 0 Å². The summed E-state index contributed by atoms with van der Waals surface area (Å²) in [6.07, 6.45) is 0.663. The maximum absolute atomic E-state index is 6.41. The molecule has 0 amide bonds. The largest absolute Gasteiger partial charge is 0.464 e. The van der Waals surface area contributed by atoms with E-state index in [2.05, 4.69) is 89.9 Å². The number of benzene rings is 4. The fourth-order valence-electron chi connectivity index (χ4n) is 4.42. The van der Waals surface area contributed by atoms with Crippen LogP contribution in [0.2, 0.25) is 0 Å². The molecular weight excluding hydrogens is 356 g/mol. The lowest BCUT2D eigenvalue weighted by molar-refractivity contribution is -0.0190. The average molecular weight is 376 g/mol. The Balaban J connectivity index is 1.45. The fraction of sp³-hybridized carbons (Fsp3) is 0.115. The number of rotatable bonds is 2. The van der Waals surface area contributed by atoms with Gasteiger partial charge in [-0.1, -0.05) is 84.9 Å². The molecule has 2 atom stereocenters. The van der Waals surface area contributed by atoms with Gasteiger partial charge in [0.25, 0.3) is 0 Å². The Morgan fingerprint density at radius 3 is 2.41 bits per heavy atom. The molecule has 4 aromatic carbocycles. The van der Waals surface area contributed by atoms with Gasteiger partial charge in [0.15, 0.2) is 0 Å². The summed E-state index contributed by atoms with van der Waals surface area (Å²) in [5.41, 5.74) is 4.62. The molecule has 0 aliphatic carbocycles. The fourth-order valence-corrected chi connectivity index (χ4v) is 4.42. The summed E-state index contributed by atoms with van der Waals surface area (Å²) in [4.78, 5) is 0. The molecule has 0 unspecified atom stereocenters. The summed E-state index contributed by atoms with van der Waals surface area (Å²) in [5, 5.41) is 9.71. The zero-order valence-electron chi connectivity index (χ0n) is 15.9. The predicted octanol–water partition coefficient (Wildman–Crippen LogP) is 6.08. The van der Waals surface area contributed by atoms with Crippen LogP contribution in [0.15, 0.2) is 102 Å². The molecule has 2 aliphatic rings. The lowest BCUT2D eigenvalue weighted by Crippen LogP contribution is -2.33. The van der Waals surface area contributed by atoms with Crippen molar-refractivity contribution in [3.05, 3.63) is 114 Å². The van der Waals surface area contributed by atoms with Gasteiger partial charge in [-0.25, -0.2) is 5.01 Å². The first-order valence-corrected chi connectivity index (χ1v) is 10.0. The minimum Gasteiger partial charge on any atom is -0.464 e. The molecule has 4 aromatic rings. The number of hydrazone groups is 1. The van der Waals surface area contributed by atoms with Gasteiger partial charge in [-0.3, -0.25) is 0 Å². The molecule has 0 N–H and O–H groups in total. The molecule has 0 fully saturated rings. The summed E-state index contributed by atoms with van der Waals surface area (Å²) >= 11 is 0. The lowest BCUT2D eigenvalue weighted by Gasteiger charge is -2.38. The van der Waals surface area contributed by atoms with Crippen molar-refractivity contribution in [3.63, 3.8) is 0 Å². The van der Waals surface area contributed by atoms with Crippen molar-refractivity contribution in [2.24, 2.45) is 5.10 Å². The molecule has 0 aromatic heterocycles. The second-order valence-corrected chi connectivity index (χ2v) is 7.63. The van der Waals surface area contributed by atoms with E-state index in [1.807, 2.05) is 12.1 Å². The SMILES string of the molecule is c1ccc([C@H]2Oc3ccccc3[C@@H]3CC(c4ccc5ccccc5c4)=NN23)cc1. The van der Waals surface area contributed by atoms with Gasteiger partial charge in [0.2, 0.25) is 6.23 Å². The third-order valence-corrected chi connectivity index (χ3v) is 5.87. The van der Waals surface area contributed by atoms with Crippen LogP contribution in [0.1, 0.15) is 35.4 Å². The average Bonchev–Trinajstić information content (AvgIpc) is 3.25. The van der Waals surface area contributed by atoms with Gasteiger partial charge in [-0.05, 0) is 28.5 Å². The lowest BCUT2D eigenvalue weighted by atomic mass is 9.95. The predicted molar refractivity (Wildman–Crippen MR) is 116 cm³/mol. The highest BCUT2D eigenvalue weighted by Gasteiger charge is 2.40. The van der Waals surface area contributed by atoms with Crippen LogP contribution in [-0.2, 0) is 0 Å². The Kier molecular flexibility index (Phi) is 3.66. The van der Waals surface area contributed by atoms with E-state index in [1.165, 1.54) is 21.9 Å². The Morgan fingerprint density at radius 1 is 0.759 bits per heavy atom. The van der Waals surface area contributed by atoms with Crippen molar-refractivity contribution in [1.29, 1.82) is 0 Å². The molecule has 0 radical (unpaired) electrons. The number of nitrogens with zero attached hydrogens (tertiary/aromatic N) is 2. The van der Waals surface area contributed by atoms with Crippen molar-refractivity contribution < 1.29 is 4.74 Å². The van der Waals surface area contributed by atoms with E-state index in [4.69, 9.17) is 9.84 Å². The molecule has 0 bridgehead atoms. The molecule has 3 heteroatoms. The maximum Gasteiger partial charge on any atom is 0.213 e. The van der Waals surface area contributed by atoms with Crippen molar-refractivity contribution >= 4 is 16.5 Å². The van der Waals surface area contributed by atoms with Crippen molar-refractivity contribution in [2.45, 2.75) is 18.7 Å². The smallest absolute Gasteiger partial charge is 0.213 e.